The highest BCUT2D eigenvalue weighted by molar-refractivity contribution is 6.36. The molecule has 0 radical (unpaired) electrons. The molecular formula is C28H29Cl2NO5. The van der Waals surface area contributed by atoms with Crippen LogP contribution in [0.1, 0.15) is 67.4 Å². The van der Waals surface area contributed by atoms with Gasteiger partial charge in [-0.15, -0.1) is 6.58 Å². The number of hydrogen-bond donors (Lipinski definition) is 0. The predicted molar refractivity (Wildman–Crippen MR) is 141 cm³/mol. The molecule has 6 nitrogen and oxygen atoms in total. The zero-order valence-corrected chi connectivity index (χ0v) is 22.3. The summed E-state index contributed by atoms with van der Waals surface area (Å²) in [6.45, 7) is 10.7. The van der Waals surface area contributed by atoms with E-state index in [0.29, 0.717) is 45.7 Å². The number of benzene rings is 2. The van der Waals surface area contributed by atoms with Crippen LogP contribution < -0.4 is 4.74 Å². The third kappa shape index (κ3) is 6.99. The molecule has 0 amide bonds. The van der Waals surface area contributed by atoms with E-state index in [1.807, 2.05) is 13.8 Å². The lowest BCUT2D eigenvalue weighted by molar-refractivity contribution is -0.158. The third-order valence-electron chi connectivity index (χ3n) is 5.37. The first-order valence-corrected chi connectivity index (χ1v) is 12.4. The second-order valence-corrected chi connectivity index (χ2v) is 9.49. The fourth-order valence-corrected chi connectivity index (χ4v) is 4.26. The van der Waals surface area contributed by atoms with Crippen LogP contribution in [0.15, 0.2) is 53.5 Å². The molecule has 1 unspecified atom stereocenters. The van der Waals surface area contributed by atoms with Gasteiger partial charge >= 0.3 is 5.97 Å². The fourth-order valence-electron chi connectivity index (χ4n) is 3.77. The van der Waals surface area contributed by atoms with E-state index in [9.17, 15) is 9.59 Å². The molecule has 190 valence electrons. The van der Waals surface area contributed by atoms with Gasteiger partial charge in [-0.1, -0.05) is 43.1 Å². The molecule has 0 N–H and O–H groups in total. The average molecular weight is 530 g/mol. The quantitative estimate of drug-likeness (QED) is 0.110. The van der Waals surface area contributed by atoms with Gasteiger partial charge in [0.2, 0.25) is 12.2 Å². The van der Waals surface area contributed by atoms with Gasteiger partial charge in [0.25, 0.3) is 0 Å². The maximum atomic E-state index is 13.1. The van der Waals surface area contributed by atoms with Crippen LogP contribution in [-0.4, -0.2) is 23.0 Å². The number of oxazole rings is 1. The van der Waals surface area contributed by atoms with Gasteiger partial charge in [-0.2, -0.15) is 0 Å². The summed E-state index contributed by atoms with van der Waals surface area (Å²) in [5, 5.41) is 0.972. The Morgan fingerprint density at radius 1 is 1.14 bits per heavy atom. The summed E-state index contributed by atoms with van der Waals surface area (Å²) < 4.78 is 16.8. The number of ketones is 1. The maximum absolute atomic E-state index is 13.1. The molecule has 0 aliphatic rings. The highest BCUT2D eigenvalue weighted by Gasteiger charge is 2.21. The molecule has 0 aliphatic heterocycles. The molecule has 8 heteroatoms. The topological polar surface area (TPSA) is 78.6 Å². The predicted octanol–water partition coefficient (Wildman–Crippen LogP) is 7.60. The van der Waals surface area contributed by atoms with E-state index in [4.69, 9.17) is 37.1 Å². The molecule has 0 saturated carbocycles. The summed E-state index contributed by atoms with van der Waals surface area (Å²) in [6, 6.07) is 10.3. The number of hydrogen-bond acceptors (Lipinski definition) is 6. The SMILES string of the molecule is C=CCc1cc(C(=O)CCc2nc(-c3ccc(Cl)cc3Cl)oc2C(C)C)ccc1OC(C)OC(C)=O. The van der Waals surface area contributed by atoms with Crippen LogP contribution in [0.5, 0.6) is 5.75 Å². The van der Waals surface area contributed by atoms with E-state index in [1.54, 1.807) is 49.4 Å². The summed E-state index contributed by atoms with van der Waals surface area (Å²) in [7, 11) is 0. The Bertz CT molecular complexity index is 1260. The van der Waals surface area contributed by atoms with E-state index < -0.39 is 12.3 Å². The highest BCUT2D eigenvalue weighted by Crippen LogP contribution is 2.33. The number of Topliss-reactive ketones (excluding diaryl/α,β-unsaturated/α-hetero) is 1. The maximum Gasteiger partial charge on any atom is 0.305 e. The zero-order valence-electron chi connectivity index (χ0n) is 20.8. The number of aryl methyl sites for hydroxylation is 1. The molecule has 0 aliphatic carbocycles. The lowest BCUT2D eigenvalue weighted by Crippen LogP contribution is -2.19. The van der Waals surface area contributed by atoms with Crippen molar-refractivity contribution in [2.24, 2.45) is 0 Å². The highest BCUT2D eigenvalue weighted by atomic mass is 35.5. The molecule has 1 heterocycles. The summed E-state index contributed by atoms with van der Waals surface area (Å²) in [5.41, 5.74) is 2.70. The smallest absolute Gasteiger partial charge is 0.305 e. The minimum atomic E-state index is -0.752. The number of allylic oxidation sites excluding steroid dienone is 1. The Morgan fingerprint density at radius 3 is 2.53 bits per heavy atom. The molecule has 3 rings (SSSR count). The number of carbonyl (C=O) groups is 2. The van der Waals surface area contributed by atoms with Crippen LogP contribution >= 0.6 is 23.2 Å². The fraction of sp³-hybridized carbons (Fsp3) is 0.321. The van der Waals surface area contributed by atoms with Crippen LogP contribution in [0.4, 0.5) is 0 Å². The molecule has 3 aromatic rings. The van der Waals surface area contributed by atoms with Gasteiger partial charge in [-0.25, -0.2) is 4.98 Å². The van der Waals surface area contributed by atoms with Crippen molar-refractivity contribution < 1.29 is 23.5 Å². The first-order chi connectivity index (χ1) is 17.1. The van der Waals surface area contributed by atoms with Crippen LogP contribution in [0.25, 0.3) is 11.5 Å². The summed E-state index contributed by atoms with van der Waals surface area (Å²) in [6.07, 6.45) is 2.13. The number of esters is 1. The van der Waals surface area contributed by atoms with Gasteiger partial charge in [0.1, 0.15) is 11.5 Å². The van der Waals surface area contributed by atoms with Gasteiger partial charge in [-0.05, 0) is 48.4 Å². The van der Waals surface area contributed by atoms with Crippen molar-refractivity contribution >= 4 is 35.0 Å². The summed E-state index contributed by atoms with van der Waals surface area (Å²) in [4.78, 5) is 28.9. The molecule has 2 aromatic carbocycles. The molecule has 0 spiro atoms. The number of nitrogens with zero attached hydrogens (tertiary/aromatic N) is 1. The Kier molecular flexibility index (Phi) is 9.35. The molecule has 1 aromatic heterocycles. The normalized spacial score (nSPS) is 11.9. The lowest BCUT2D eigenvalue weighted by Gasteiger charge is -2.17. The number of aromatic nitrogens is 1. The van der Waals surface area contributed by atoms with Gasteiger partial charge in [-0.3, -0.25) is 9.59 Å². The van der Waals surface area contributed by atoms with Crippen LogP contribution in [0, 0.1) is 0 Å². The lowest BCUT2D eigenvalue weighted by atomic mass is 9.99. The third-order valence-corrected chi connectivity index (χ3v) is 5.92. The number of halogens is 2. The summed E-state index contributed by atoms with van der Waals surface area (Å²) >= 11 is 12.4. The van der Waals surface area contributed by atoms with E-state index in [2.05, 4.69) is 11.6 Å². The first-order valence-electron chi connectivity index (χ1n) is 11.6. The minimum Gasteiger partial charge on any atom is -0.455 e. The van der Waals surface area contributed by atoms with Crippen LogP contribution in [0.3, 0.4) is 0 Å². The summed E-state index contributed by atoms with van der Waals surface area (Å²) in [5.74, 6) is 1.26. The molecule has 0 saturated heterocycles. The monoisotopic (exact) mass is 529 g/mol. The Labute approximate surface area is 221 Å². The molecule has 1 atom stereocenters. The standard InChI is InChI=1S/C28H29Cl2NO5/c1-6-7-20-14-19(8-13-26(20)35-18(5)34-17(4)32)25(33)12-11-24-27(16(2)3)36-28(31-24)22-10-9-21(29)15-23(22)30/h6,8-10,13-16,18H,1,7,11-12H2,2-5H3. The van der Waals surface area contributed by atoms with Crippen molar-refractivity contribution in [1.29, 1.82) is 0 Å². The van der Waals surface area contributed by atoms with Crippen LogP contribution in [-0.2, 0) is 22.4 Å². The van der Waals surface area contributed by atoms with Crippen LogP contribution in [0.2, 0.25) is 10.0 Å². The van der Waals surface area contributed by atoms with Gasteiger partial charge < -0.3 is 13.9 Å². The number of ether oxygens (including phenoxy) is 2. The largest absolute Gasteiger partial charge is 0.455 e. The van der Waals surface area contributed by atoms with Crippen molar-refractivity contribution in [2.45, 2.75) is 59.2 Å². The molecule has 0 fully saturated rings. The average Bonchev–Trinajstić information content (AvgIpc) is 3.22. The van der Waals surface area contributed by atoms with Crippen molar-refractivity contribution in [1.82, 2.24) is 4.98 Å². The zero-order chi connectivity index (χ0) is 26.4. The van der Waals surface area contributed by atoms with Gasteiger partial charge in [0, 0.05) is 43.2 Å². The second-order valence-electron chi connectivity index (χ2n) is 8.64. The van der Waals surface area contributed by atoms with Crippen molar-refractivity contribution in [3.05, 3.63) is 81.7 Å². The Hall–Kier alpha value is -3.09. The Morgan fingerprint density at radius 2 is 1.89 bits per heavy atom. The second kappa shape index (κ2) is 12.2. The van der Waals surface area contributed by atoms with Crippen molar-refractivity contribution in [3.8, 4) is 17.2 Å². The molecular weight excluding hydrogens is 501 g/mol. The van der Waals surface area contributed by atoms with E-state index in [0.717, 1.165) is 17.0 Å². The van der Waals surface area contributed by atoms with E-state index in [1.165, 1.54) is 6.92 Å². The number of carbonyl (C=O) groups excluding carboxylic acids is 2. The molecule has 0 bridgehead atoms. The van der Waals surface area contributed by atoms with E-state index >= 15 is 0 Å². The van der Waals surface area contributed by atoms with Gasteiger partial charge in [0.15, 0.2) is 5.78 Å². The Balaban J connectivity index is 1.78. The van der Waals surface area contributed by atoms with Crippen molar-refractivity contribution in [2.75, 3.05) is 0 Å². The number of rotatable bonds is 11. The van der Waals surface area contributed by atoms with Gasteiger partial charge in [0.05, 0.1) is 16.3 Å². The van der Waals surface area contributed by atoms with Crippen molar-refractivity contribution in [3.63, 3.8) is 0 Å². The van der Waals surface area contributed by atoms with E-state index in [-0.39, 0.29) is 18.1 Å². The first kappa shape index (κ1) is 27.5. The minimum absolute atomic E-state index is 0.0383. The molecule has 36 heavy (non-hydrogen) atoms.